The molecule has 0 aliphatic rings. The summed E-state index contributed by atoms with van der Waals surface area (Å²) in [6.45, 7) is 4.01. The average molecular weight is 262 g/mol. The first-order valence-electron chi connectivity index (χ1n) is 5.94. The van der Waals surface area contributed by atoms with E-state index in [-0.39, 0.29) is 6.10 Å². The fourth-order valence-electron chi connectivity index (χ4n) is 1.63. The normalized spacial score (nSPS) is 10.4. The van der Waals surface area contributed by atoms with Crippen molar-refractivity contribution in [2.45, 2.75) is 20.0 Å². The first-order valence-corrected chi connectivity index (χ1v) is 6.32. The van der Waals surface area contributed by atoms with Crippen molar-refractivity contribution in [1.82, 2.24) is 0 Å². The lowest BCUT2D eigenvalue weighted by atomic mass is 10.2. The highest BCUT2D eigenvalue weighted by Crippen LogP contribution is 2.31. The van der Waals surface area contributed by atoms with E-state index < -0.39 is 0 Å². The van der Waals surface area contributed by atoms with E-state index in [2.05, 4.69) is 5.32 Å². The Balaban J connectivity index is 2.26. The van der Waals surface area contributed by atoms with Gasteiger partial charge in [0, 0.05) is 0 Å². The number of rotatable bonds is 4. The Bertz CT molecular complexity index is 525. The van der Waals surface area contributed by atoms with Gasteiger partial charge in [0.2, 0.25) is 0 Å². The number of nitrogens with one attached hydrogen (secondary N) is 1. The maximum Gasteiger partial charge on any atom is 0.143 e. The van der Waals surface area contributed by atoms with Crippen LogP contribution in [0, 0.1) is 0 Å². The van der Waals surface area contributed by atoms with E-state index in [1.54, 1.807) is 0 Å². The summed E-state index contributed by atoms with van der Waals surface area (Å²) >= 11 is 6.13. The topological polar surface area (TPSA) is 21.3 Å². The zero-order valence-electron chi connectivity index (χ0n) is 10.5. The van der Waals surface area contributed by atoms with Gasteiger partial charge in [-0.1, -0.05) is 35.9 Å². The number of hydrogen-bond donors (Lipinski definition) is 1. The second-order valence-electron chi connectivity index (χ2n) is 4.27. The summed E-state index contributed by atoms with van der Waals surface area (Å²) in [5, 5.41) is 3.98. The fourth-order valence-corrected chi connectivity index (χ4v) is 1.82. The van der Waals surface area contributed by atoms with Gasteiger partial charge in [0.1, 0.15) is 5.75 Å². The van der Waals surface area contributed by atoms with Gasteiger partial charge >= 0.3 is 0 Å². The predicted octanol–water partition coefficient (Wildman–Crippen LogP) is 4.87. The summed E-state index contributed by atoms with van der Waals surface area (Å²) in [5.41, 5.74) is 1.79. The molecule has 2 nitrogen and oxygen atoms in total. The van der Waals surface area contributed by atoms with Crippen molar-refractivity contribution in [2.24, 2.45) is 0 Å². The molecule has 0 radical (unpaired) electrons. The number of anilines is 2. The Hall–Kier alpha value is -1.67. The van der Waals surface area contributed by atoms with Gasteiger partial charge in [-0.25, -0.2) is 0 Å². The van der Waals surface area contributed by atoms with Crippen LogP contribution >= 0.6 is 11.6 Å². The molecule has 0 saturated carbocycles. The second kappa shape index (κ2) is 5.78. The number of hydrogen-bond acceptors (Lipinski definition) is 2. The number of halogens is 1. The molecule has 0 atom stereocenters. The van der Waals surface area contributed by atoms with Crippen molar-refractivity contribution in [3.05, 3.63) is 53.6 Å². The van der Waals surface area contributed by atoms with Crippen LogP contribution in [-0.2, 0) is 0 Å². The van der Waals surface area contributed by atoms with Crippen LogP contribution in [0.1, 0.15) is 13.8 Å². The third kappa shape index (κ3) is 3.17. The van der Waals surface area contributed by atoms with Crippen molar-refractivity contribution < 1.29 is 4.74 Å². The monoisotopic (exact) mass is 261 g/mol. The van der Waals surface area contributed by atoms with Crippen LogP contribution in [0.15, 0.2) is 48.5 Å². The minimum atomic E-state index is 0.138. The average Bonchev–Trinajstić information content (AvgIpc) is 2.34. The van der Waals surface area contributed by atoms with E-state index in [1.165, 1.54) is 0 Å². The molecule has 0 heterocycles. The molecular formula is C15H16ClNO. The van der Waals surface area contributed by atoms with Crippen molar-refractivity contribution >= 4 is 23.0 Å². The van der Waals surface area contributed by atoms with Crippen molar-refractivity contribution in [2.75, 3.05) is 5.32 Å². The minimum absolute atomic E-state index is 0.138. The summed E-state index contributed by atoms with van der Waals surface area (Å²) in [5.74, 6) is 0.826. The molecule has 0 bridgehead atoms. The molecule has 0 fully saturated rings. The van der Waals surface area contributed by atoms with Crippen LogP contribution in [0.5, 0.6) is 5.75 Å². The van der Waals surface area contributed by atoms with Gasteiger partial charge in [0.25, 0.3) is 0 Å². The molecule has 1 N–H and O–H groups in total. The third-order valence-corrected chi connectivity index (χ3v) is 2.72. The van der Waals surface area contributed by atoms with E-state index in [0.29, 0.717) is 5.02 Å². The standard InChI is InChI=1S/C15H16ClNO/c1-11(2)18-15-10-6-5-9-14(15)17-13-8-4-3-7-12(13)16/h3-11,17H,1-2H3. The van der Waals surface area contributed by atoms with Gasteiger partial charge in [-0.05, 0) is 38.1 Å². The Morgan fingerprint density at radius 1 is 0.944 bits per heavy atom. The van der Waals surface area contributed by atoms with Gasteiger partial charge in [-0.15, -0.1) is 0 Å². The van der Waals surface area contributed by atoms with E-state index in [0.717, 1.165) is 17.1 Å². The molecule has 3 heteroatoms. The molecule has 0 unspecified atom stereocenters. The Labute approximate surface area is 113 Å². The second-order valence-corrected chi connectivity index (χ2v) is 4.67. The molecule has 2 aromatic rings. The van der Waals surface area contributed by atoms with Crippen LogP contribution in [0.25, 0.3) is 0 Å². The molecule has 0 amide bonds. The smallest absolute Gasteiger partial charge is 0.143 e. The lowest BCUT2D eigenvalue weighted by Gasteiger charge is -2.16. The highest BCUT2D eigenvalue weighted by molar-refractivity contribution is 6.33. The zero-order valence-corrected chi connectivity index (χ0v) is 11.2. The quantitative estimate of drug-likeness (QED) is 0.848. The molecule has 0 aromatic heterocycles. The van der Waals surface area contributed by atoms with E-state index in [1.807, 2.05) is 62.4 Å². The number of benzene rings is 2. The highest BCUT2D eigenvalue weighted by Gasteiger charge is 2.06. The van der Waals surface area contributed by atoms with E-state index >= 15 is 0 Å². The molecule has 2 rings (SSSR count). The lowest BCUT2D eigenvalue weighted by molar-refractivity contribution is 0.244. The third-order valence-electron chi connectivity index (χ3n) is 2.39. The van der Waals surface area contributed by atoms with Crippen LogP contribution in [0.3, 0.4) is 0 Å². The fraction of sp³-hybridized carbons (Fsp3) is 0.200. The molecule has 0 saturated heterocycles. The summed E-state index contributed by atoms with van der Waals surface area (Å²) in [7, 11) is 0. The van der Waals surface area contributed by atoms with Gasteiger partial charge in [0.05, 0.1) is 22.5 Å². The maximum absolute atomic E-state index is 6.13. The van der Waals surface area contributed by atoms with Gasteiger partial charge < -0.3 is 10.1 Å². The van der Waals surface area contributed by atoms with E-state index in [9.17, 15) is 0 Å². The Morgan fingerprint density at radius 3 is 2.22 bits per heavy atom. The Kier molecular flexibility index (Phi) is 4.11. The highest BCUT2D eigenvalue weighted by atomic mass is 35.5. The Morgan fingerprint density at radius 2 is 1.56 bits per heavy atom. The minimum Gasteiger partial charge on any atom is -0.489 e. The van der Waals surface area contributed by atoms with Crippen LogP contribution in [-0.4, -0.2) is 6.10 Å². The summed E-state index contributed by atoms with van der Waals surface area (Å²) in [6.07, 6.45) is 0.138. The van der Waals surface area contributed by atoms with Gasteiger partial charge in [0.15, 0.2) is 0 Å². The van der Waals surface area contributed by atoms with Crippen molar-refractivity contribution in [3.63, 3.8) is 0 Å². The van der Waals surface area contributed by atoms with Crippen molar-refractivity contribution in [1.29, 1.82) is 0 Å². The van der Waals surface area contributed by atoms with Gasteiger partial charge in [-0.3, -0.25) is 0 Å². The maximum atomic E-state index is 6.13. The van der Waals surface area contributed by atoms with Crippen LogP contribution in [0.2, 0.25) is 5.02 Å². The first kappa shape index (κ1) is 12.8. The van der Waals surface area contributed by atoms with Crippen molar-refractivity contribution in [3.8, 4) is 5.75 Å². The largest absolute Gasteiger partial charge is 0.489 e. The molecule has 2 aromatic carbocycles. The molecule has 0 aliphatic carbocycles. The zero-order chi connectivity index (χ0) is 13.0. The van der Waals surface area contributed by atoms with Crippen LogP contribution < -0.4 is 10.1 Å². The summed E-state index contributed by atoms with van der Waals surface area (Å²) in [6, 6.07) is 15.5. The first-order chi connectivity index (χ1) is 8.66. The summed E-state index contributed by atoms with van der Waals surface area (Å²) in [4.78, 5) is 0. The summed E-state index contributed by atoms with van der Waals surface area (Å²) < 4.78 is 5.75. The lowest BCUT2D eigenvalue weighted by Crippen LogP contribution is -2.07. The van der Waals surface area contributed by atoms with E-state index in [4.69, 9.17) is 16.3 Å². The molecular weight excluding hydrogens is 246 g/mol. The van der Waals surface area contributed by atoms with Crippen LogP contribution in [0.4, 0.5) is 11.4 Å². The SMILES string of the molecule is CC(C)Oc1ccccc1Nc1ccccc1Cl. The molecule has 0 aliphatic heterocycles. The molecule has 94 valence electrons. The number of ether oxygens (including phenoxy) is 1. The van der Waals surface area contributed by atoms with Gasteiger partial charge in [-0.2, -0.15) is 0 Å². The molecule has 0 spiro atoms. The predicted molar refractivity (Wildman–Crippen MR) is 76.9 cm³/mol. The molecule has 18 heavy (non-hydrogen) atoms. The number of para-hydroxylation sites is 3.